The van der Waals surface area contributed by atoms with Gasteiger partial charge in [0.1, 0.15) is 0 Å². The van der Waals surface area contributed by atoms with Crippen molar-refractivity contribution in [3.63, 3.8) is 0 Å². The van der Waals surface area contributed by atoms with Crippen LogP contribution in [-0.2, 0) is 19.0 Å². The number of benzene rings is 1. The minimum absolute atomic E-state index is 0.485. The predicted octanol–water partition coefficient (Wildman–Crippen LogP) is 6.66. The van der Waals surface area contributed by atoms with E-state index in [-0.39, 0.29) is 0 Å². The molecule has 0 heterocycles. The van der Waals surface area contributed by atoms with Crippen molar-refractivity contribution in [3.05, 3.63) is 34.9 Å². The van der Waals surface area contributed by atoms with Crippen LogP contribution in [0, 0.1) is 29.6 Å². The third-order valence-corrected chi connectivity index (χ3v) is 7.38. The molecule has 2 fully saturated rings. The second-order valence-electron chi connectivity index (χ2n) is 9.00. The van der Waals surface area contributed by atoms with Crippen molar-refractivity contribution >= 4 is 0 Å². The maximum absolute atomic E-state index is 12.9. The molecule has 1 aromatic carbocycles. The van der Waals surface area contributed by atoms with Gasteiger partial charge < -0.3 is 0 Å². The summed E-state index contributed by atoms with van der Waals surface area (Å²) in [6, 6.07) is 4.42. The lowest BCUT2D eigenvalue weighted by Crippen LogP contribution is -2.34. The van der Waals surface area contributed by atoms with E-state index in [0.717, 1.165) is 48.5 Å². The van der Waals surface area contributed by atoms with Crippen molar-refractivity contribution in [3.8, 4) is 0 Å². The lowest BCUT2D eigenvalue weighted by atomic mass is 9.61. The van der Waals surface area contributed by atoms with Gasteiger partial charge in [-0.3, -0.25) is 0 Å². The Morgan fingerprint density at radius 2 is 1.48 bits per heavy atom. The van der Waals surface area contributed by atoms with Gasteiger partial charge in [0.05, 0.1) is 5.56 Å². The highest BCUT2D eigenvalue weighted by molar-refractivity contribution is 5.35. The standard InChI is InChI=1S/C22H29F3/c1-14-2-3-16-11-17(5-4-15(16)10-14)18-6-7-20-13-21(22(23,24)25)9-8-19(20)12-18/h8-9,13-18H,2-7,10-12H2,1H3. The third kappa shape index (κ3) is 3.61. The number of rotatable bonds is 1. The zero-order valence-corrected chi connectivity index (χ0v) is 15.1. The fraction of sp³-hybridized carbons (Fsp3) is 0.727. The SMILES string of the molecule is CC1CCC2CC(C3CCc4cc(C(F)(F)F)ccc4C3)CCC2C1. The average Bonchev–Trinajstić information content (AvgIpc) is 2.59. The van der Waals surface area contributed by atoms with E-state index in [1.807, 2.05) is 0 Å². The van der Waals surface area contributed by atoms with Crippen molar-refractivity contribution < 1.29 is 13.2 Å². The van der Waals surface area contributed by atoms with Crippen molar-refractivity contribution in [1.29, 1.82) is 0 Å². The normalized spacial score (nSPS) is 35.8. The van der Waals surface area contributed by atoms with E-state index in [9.17, 15) is 13.2 Å². The first-order chi connectivity index (χ1) is 11.9. The van der Waals surface area contributed by atoms with E-state index < -0.39 is 11.7 Å². The van der Waals surface area contributed by atoms with Gasteiger partial charge in [0.25, 0.3) is 0 Å². The van der Waals surface area contributed by atoms with Crippen LogP contribution < -0.4 is 0 Å². The van der Waals surface area contributed by atoms with Gasteiger partial charge in [0.2, 0.25) is 0 Å². The largest absolute Gasteiger partial charge is 0.416 e. The predicted molar refractivity (Wildman–Crippen MR) is 94.3 cm³/mol. The first kappa shape index (κ1) is 17.4. The van der Waals surface area contributed by atoms with Crippen LogP contribution in [0.15, 0.2) is 18.2 Å². The van der Waals surface area contributed by atoms with Crippen molar-refractivity contribution in [2.75, 3.05) is 0 Å². The van der Waals surface area contributed by atoms with Crippen molar-refractivity contribution in [2.24, 2.45) is 29.6 Å². The molecule has 5 atom stereocenters. The van der Waals surface area contributed by atoms with E-state index in [2.05, 4.69) is 6.92 Å². The smallest absolute Gasteiger partial charge is 0.166 e. The van der Waals surface area contributed by atoms with Crippen LogP contribution in [0.1, 0.15) is 68.6 Å². The lowest BCUT2D eigenvalue weighted by molar-refractivity contribution is -0.137. The number of fused-ring (bicyclic) bond motifs is 2. The number of halogens is 3. The molecule has 0 bridgehead atoms. The Kier molecular flexibility index (Phi) is 4.62. The van der Waals surface area contributed by atoms with E-state index in [1.165, 1.54) is 56.2 Å². The second-order valence-corrected chi connectivity index (χ2v) is 9.00. The van der Waals surface area contributed by atoms with Crippen LogP contribution in [-0.4, -0.2) is 0 Å². The summed E-state index contributed by atoms with van der Waals surface area (Å²) in [6.07, 6.45) is 6.99. The summed E-state index contributed by atoms with van der Waals surface area (Å²) in [7, 11) is 0. The summed E-state index contributed by atoms with van der Waals surface area (Å²) in [5, 5.41) is 0. The monoisotopic (exact) mass is 350 g/mol. The van der Waals surface area contributed by atoms with Crippen LogP contribution in [0.25, 0.3) is 0 Å². The van der Waals surface area contributed by atoms with Gasteiger partial charge in [0, 0.05) is 0 Å². The molecule has 0 spiro atoms. The van der Waals surface area contributed by atoms with Crippen molar-refractivity contribution in [1.82, 2.24) is 0 Å². The first-order valence-electron chi connectivity index (χ1n) is 10.1. The molecule has 0 N–H and O–H groups in total. The van der Waals surface area contributed by atoms with Gasteiger partial charge in [-0.1, -0.05) is 19.4 Å². The van der Waals surface area contributed by atoms with E-state index in [1.54, 1.807) is 6.07 Å². The van der Waals surface area contributed by atoms with Gasteiger partial charge in [-0.2, -0.15) is 13.2 Å². The van der Waals surface area contributed by atoms with Gasteiger partial charge in [-0.25, -0.2) is 0 Å². The Hall–Kier alpha value is -0.990. The minimum Gasteiger partial charge on any atom is -0.166 e. The minimum atomic E-state index is -4.22. The van der Waals surface area contributed by atoms with Gasteiger partial charge in [-0.05, 0) is 104 Å². The van der Waals surface area contributed by atoms with Crippen LogP contribution in [0.3, 0.4) is 0 Å². The fourth-order valence-electron chi connectivity index (χ4n) is 5.95. The molecule has 0 amide bonds. The molecular weight excluding hydrogens is 321 g/mol. The number of aryl methyl sites for hydroxylation is 1. The van der Waals surface area contributed by atoms with E-state index in [4.69, 9.17) is 0 Å². The van der Waals surface area contributed by atoms with E-state index >= 15 is 0 Å². The fourth-order valence-corrected chi connectivity index (χ4v) is 5.95. The molecule has 138 valence electrons. The second kappa shape index (κ2) is 6.63. The zero-order valence-electron chi connectivity index (χ0n) is 15.1. The maximum Gasteiger partial charge on any atom is 0.416 e. The van der Waals surface area contributed by atoms with Crippen molar-refractivity contribution in [2.45, 2.75) is 70.9 Å². The Morgan fingerprint density at radius 1 is 0.800 bits per heavy atom. The molecule has 3 aliphatic rings. The summed E-state index contributed by atoms with van der Waals surface area (Å²) >= 11 is 0. The highest BCUT2D eigenvalue weighted by Crippen LogP contribution is 2.48. The Bertz CT molecular complexity index is 618. The molecule has 0 radical (unpaired) electrons. The van der Waals surface area contributed by atoms with Crippen LogP contribution in [0.5, 0.6) is 0 Å². The molecule has 2 saturated carbocycles. The molecule has 0 aliphatic heterocycles. The topological polar surface area (TPSA) is 0 Å². The molecular formula is C22H29F3. The molecule has 3 heteroatoms. The summed E-state index contributed by atoms with van der Waals surface area (Å²) in [5.41, 5.74) is 1.62. The Labute approximate surface area is 149 Å². The molecule has 0 saturated heterocycles. The third-order valence-electron chi connectivity index (χ3n) is 7.38. The lowest BCUT2D eigenvalue weighted by Gasteiger charge is -2.44. The van der Waals surface area contributed by atoms with Gasteiger partial charge in [0.15, 0.2) is 0 Å². The first-order valence-corrected chi connectivity index (χ1v) is 10.1. The van der Waals surface area contributed by atoms with Crippen LogP contribution >= 0.6 is 0 Å². The summed E-state index contributed by atoms with van der Waals surface area (Å²) in [6.45, 7) is 2.40. The molecule has 5 unspecified atom stereocenters. The molecule has 0 aromatic heterocycles. The highest BCUT2D eigenvalue weighted by Gasteiger charge is 2.38. The van der Waals surface area contributed by atoms with E-state index in [0.29, 0.717) is 5.92 Å². The quantitative estimate of drug-likeness (QED) is 0.531. The van der Waals surface area contributed by atoms with Crippen LogP contribution in [0.2, 0.25) is 0 Å². The number of hydrogen-bond donors (Lipinski definition) is 0. The maximum atomic E-state index is 12.9. The summed E-state index contributed by atoms with van der Waals surface area (Å²) in [4.78, 5) is 0. The molecule has 1 aromatic rings. The van der Waals surface area contributed by atoms with Gasteiger partial charge in [-0.15, -0.1) is 0 Å². The molecule has 3 aliphatic carbocycles. The average molecular weight is 350 g/mol. The highest BCUT2D eigenvalue weighted by atomic mass is 19.4. The van der Waals surface area contributed by atoms with Gasteiger partial charge >= 0.3 is 6.18 Å². The number of alkyl halides is 3. The molecule has 4 rings (SSSR count). The Balaban J connectivity index is 1.43. The van der Waals surface area contributed by atoms with Crippen LogP contribution in [0.4, 0.5) is 13.2 Å². The number of hydrogen-bond acceptors (Lipinski definition) is 0. The molecule has 25 heavy (non-hydrogen) atoms. The summed E-state index contributed by atoms with van der Waals surface area (Å²) < 4.78 is 38.7. The summed E-state index contributed by atoms with van der Waals surface area (Å²) in [5.74, 6) is 4.26. The Morgan fingerprint density at radius 3 is 2.24 bits per heavy atom. The molecule has 0 nitrogen and oxygen atoms in total. The zero-order chi connectivity index (χ0) is 17.6.